The van der Waals surface area contributed by atoms with Crippen molar-refractivity contribution in [2.75, 3.05) is 0 Å². The Morgan fingerprint density at radius 2 is 2.07 bits per heavy atom. The van der Waals surface area contributed by atoms with Crippen LogP contribution in [0.4, 0.5) is 0 Å². The van der Waals surface area contributed by atoms with Crippen LogP contribution >= 0.6 is 0 Å². The van der Waals surface area contributed by atoms with Crippen molar-refractivity contribution < 1.29 is 5.11 Å². The summed E-state index contributed by atoms with van der Waals surface area (Å²) in [5.74, 6) is 0. The van der Waals surface area contributed by atoms with Gasteiger partial charge >= 0.3 is 0 Å². The molecule has 1 rings (SSSR count). The van der Waals surface area contributed by atoms with E-state index in [0.29, 0.717) is 6.42 Å². The molecule has 3 N–H and O–H groups in total. The molecule has 0 radical (unpaired) electrons. The maximum Gasteiger partial charge on any atom is 0.0552 e. The van der Waals surface area contributed by atoms with Crippen molar-refractivity contribution in [2.24, 2.45) is 5.73 Å². The summed E-state index contributed by atoms with van der Waals surface area (Å²) in [7, 11) is 0. The quantitative estimate of drug-likeness (QED) is 0.769. The summed E-state index contributed by atoms with van der Waals surface area (Å²) >= 11 is 0. The summed E-state index contributed by atoms with van der Waals surface area (Å²) < 4.78 is 0. The molecular formula is C12H19NO. The van der Waals surface area contributed by atoms with Crippen LogP contribution in [0.1, 0.15) is 31.9 Å². The lowest BCUT2D eigenvalue weighted by atomic mass is 9.93. The molecule has 1 unspecified atom stereocenters. The molecule has 0 aromatic heterocycles. The molecule has 0 saturated carbocycles. The molecule has 14 heavy (non-hydrogen) atoms. The summed E-state index contributed by atoms with van der Waals surface area (Å²) in [4.78, 5) is 0. The fourth-order valence-electron chi connectivity index (χ4n) is 1.44. The lowest BCUT2D eigenvalue weighted by Gasteiger charge is -2.20. The van der Waals surface area contributed by atoms with E-state index in [1.54, 1.807) is 6.92 Å². The van der Waals surface area contributed by atoms with Crippen LogP contribution in [-0.2, 0) is 12.0 Å². The summed E-state index contributed by atoms with van der Waals surface area (Å²) in [6.45, 7) is 5.75. The molecule has 0 bridgehead atoms. The first kappa shape index (κ1) is 11.2. The van der Waals surface area contributed by atoms with E-state index in [0.717, 1.165) is 11.1 Å². The minimum absolute atomic E-state index is 0.300. The van der Waals surface area contributed by atoms with Crippen LogP contribution in [-0.4, -0.2) is 11.2 Å². The summed E-state index contributed by atoms with van der Waals surface area (Å²) in [5, 5.41) is 9.27. The highest BCUT2D eigenvalue weighted by molar-refractivity contribution is 5.28. The second kappa shape index (κ2) is 4.11. The van der Waals surface area contributed by atoms with E-state index in [4.69, 9.17) is 5.73 Å². The Bertz CT molecular complexity index is 299. The molecule has 1 atom stereocenters. The second-order valence-corrected chi connectivity index (χ2v) is 4.48. The Balaban J connectivity index is 2.90. The van der Waals surface area contributed by atoms with Crippen LogP contribution in [0.5, 0.6) is 0 Å². The fourth-order valence-corrected chi connectivity index (χ4v) is 1.44. The normalized spacial score (nSPS) is 14.1. The maximum absolute atomic E-state index is 9.27. The van der Waals surface area contributed by atoms with E-state index in [9.17, 15) is 5.11 Å². The minimum Gasteiger partial charge on any atom is -0.393 e. The predicted molar refractivity (Wildman–Crippen MR) is 59.0 cm³/mol. The lowest BCUT2D eigenvalue weighted by Crippen LogP contribution is -2.28. The first-order chi connectivity index (χ1) is 6.39. The van der Waals surface area contributed by atoms with Crippen LogP contribution in [0.2, 0.25) is 0 Å². The van der Waals surface area contributed by atoms with E-state index in [1.165, 1.54) is 0 Å². The van der Waals surface area contributed by atoms with Gasteiger partial charge in [0.2, 0.25) is 0 Å². The van der Waals surface area contributed by atoms with Gasteiger partial charge in [-0.05, 0) is 38.3 Å². The highest BCUT2D eigenvalue weighted by atomic mass is 16.3. The van der Waals surface area contributed by atoms with E-state index in [2.05, 4.69) is 6.07 Å². The third-order valence-corrected chi connectivity index (χ3v) is 2.20. The van der Waals surface area contributed by atoms with E-state index < -0.39 is 0 Å². The molecule has 0 fully saturated rings. The van der Waals surface area contributed by atoms with Crippen molar-refractivity contribution in [3.63, 3.8) is 0 Å². The zero-order valence-electron chi connectivity index (χ0n) is 9.12. The van der Waals surface area contributed by atoms with Gasteiger partial charge < -0.3 is 10.8 Å². The summed E-state index contributed by atoms with van der Waals surface area (Å²) in [5.41, 5.74) is 7.93. The minimum atomic E-state index is -0.311. The lowest BCUT2D eigenvalue weighted by molar-refractivity contribution is 0.195. The van der Waals surface area contributed by atoms with Gasteiger partial charge in [0.15, 0.2) is 0 Å². The first-order valence-electron chi connectivity index (χ1n) is 4.96. The standard InChI is InChI=1S/C12H19NO/c1-9(14)7-10-5-4-6-11(8-10)12(2,3)13/h4-6,8-9,14H,7,13H2,1-3H3. The molecule has 0 aliphatic rings. The Labute approximate surface area is 85.8 Å². The molecule has 78 valence electrons. The molecular weight excluding hydrogens is 174 g/mol. The third kappa shape index (κ3) is 3.13. The zero-order valence-corrected chi connectivity index (χ0v) is 9.12. The number of rotatable bonds is 3. The second-order valence-electron chi connectivity index (χ2n) is 4.48. The van der Waals surface area contributed by atoms with Crippen LogP contribution in [0.25, 0.3) is 0 Å². The Morgan fingerprint density at radius 1 is 1.43 bits per heavy atom. The largest absolute Gasteiger partial charge is 0.393 e. The topological polar surface area (TPSA) is 46.2 Å². The van der Waals surface area contributed by atoms with Crippen molar-refractivity contribution in [3.8, 4) is 0 Å². The van der Waals surface area contributed by atoms with Crippen molar-refractivity contribution in [3.05, 3.63) is 35.4 Å². The third-order valence-electron chi connectivity index (χ3n) is 2.20. The van der Waals surface area contributed by atoms with Crippen LogP contribution in [0.3, 0.4) is 0 Å². The molecule has 0 amide bonds. The molecule has 2 heteroatoms. The molecule has 1 aromatic carbocycles. The van der Waals surface area contributed by atoms with Crippen molar-refractivity contribution >= 4 is 0 Å². The van der Waals surface area contributed by atoms with Crippen molar-refractivity contribution in [2.45, 2.75) is 38.8 Å². The number of aliphatic hydroxyl groups excluding tert-OH is 1. The van der Waals surface area contributed by atoms with Crippen molar-refractivity contribution in [1.82, 2.24) is 0 Å². The Morgan fingerprint density at radius 3 is 2.57 bits per heavy atom. The number of hydrogen-bond acceptors (Lipinski definition) is 2. The monoisotopic (exact) mass is 193 g/mol. The van der Waals surface area contributed by atoms with Gasteiger partial charge in [0.1, 0.15) is 0 Å². The average molecular weight is 193 g/mol. The van der Waals surface area contributed by atoms with Crippen LogP contribution < -0.4 is 5.73 Å². The van der Waals surface area contributed by atoms with Gasteiger partial charge in [0.25, 0.3) is 0 Å². The molecule has 0 saturated heterocycles. The Kier molecular flexibility index (Phi) is 3.29. The fraction of sp³-hybridized carbons (Fsp3) is 0.500. The molecule has 0 spiro atoms. The van der Waals surface area contributed by atoms with Crippen LogP contribution in [0, 0.1) is 0 Å². The molecule has 1 aromatic rings. The molecule has 0 aliphatic carbocycles. The smallest absolute Gasteiger partial charge is 0.0552 e. The van der Waals surface area contributed by atoms with E-state index in [1.807, 2.05) is 32.0 Å². The highest BCUT2D eigenvalue weighted by Gasteiger charge is 2.14. The first-order valence-corrected chi connectivity index (χ1v) is 4.96. The van der Waals surface area contributed by atoms with Gasteiger partial charge in [-0.25, -0.2) is 0 Å². The van der Waals surface area contributed by atoms with Gasteiger partial charge in [0.05, 0.1) is 6.10 Å². The number of benzene rings is 1. The zero-order chi connectivity index (χ0) is 10.8. The van der Waals surface area contributed by atoms with E-state index in [-0.39, 0.29) is 11.6 Å². The van der Waals surface area contributed by atoms with Gasteiger partial charge in [0, 0.05) is 5.54 Å². The summed E-state index contributed by atoms with van der Waals surface area (Å²) in [6, 6.07) is 8.09. The number of hydrogen-bond donors (Lipinski definition) is 2. The van der Waals surface area contributed by atoms with Gasteiger partial charge in [-0.1, -0.05) is 24.3 Å². The Hall–Kier alpha value is -0.860. The van der Waals surface area contributed by atoms with Crippen LogP contribution in [0.15, 0.2) is 24.3 Å². The molecule has 0 aliphatic heterocycles. The number of aliphatic hydroxyl groups is 1. The SMILES string of the molecule is CC(O)Cc1cccc(C(C)(C)N)c1. The summed E-state index contributed by atoms with van der Waals surface area (Å²) in [6.07, 6.45) is 0.385. The van der Waals surface area contributed by atoms with Gasteiger partial charge in [-0.3, -0.25) is 0 Å². The molecule has 0 heterocycles. The number of nitrogens with two attached hydrogens (primary N) is 1. The van der Waals surface area contributed by atoms with Crippen molar-refractivity contribution in [1.29, 1.82) is 0 Å². The van der Waals surface area contributed by atoms with Gasteiger partial charge in [-0.15, -0.1) is 0 Å². The van der Waals surface area contributed by atoms with E-state index >= 15 is 0 Å². The average Bonchev–Trinajstić information content (AvgIpc) is 2.01. The van der Waals surface area contributed by atoms with Gasteiger partial charge in [-0.2, -0.15) is 0 Å². The molecule has 2 nitrogen and oxygen atoms in total. The predicted octanol–water partition coefficient (Wildman–Crippen LogP) is 1.80. The maximum atomic E-state index is 9.27. The highest BCUT2D eigenvalue weighted by Crippen LogP contribution is 2.18.